The van der Waals surface area contributed by atoms with Crippen LogP contribution in [-0.4, -0.2) is 19.9 Å². The Hall–Kier alpha value is -1.68. The van der Waals surface area contributed by atoms with Gasteiger partial charge >= 0.3 is 0 Å². The molecule has 4 nitrogen and oxygen atoms in total. The van der Waals surface area contributed by atoms with E-state index in [1.165, 1.54) is 0 Å². The van der Waals surface area contributed by atoms with Gasteiger partial charge in [0.25, 0.3) is 0 Å². The Morgan fingerprint density at radius 1 is 1.50 bits per heavy atom. The Labute approximate surface area is 81.8 Å². The molecule has 0 fully saturated rings. The molecule has 0 radical (unpaired) electrons. The van der Waals surface area contributed by atoms with E-state index in [0.717, 1.165) is 16.9 Å². The van der Waals surface area contributed by atoms with Crippen LogP contribution < -0.4 is 0 Å². The van der Waals surface area contributed by atoms with E-state index in [4.69, 9.17) is 5.11 Å². The number of aliphatic hydroxyl groups excluding tert-OH is 1. The van der Waals surface area contributed by atoms with Crippen LogP contribution in [-0.2, 0) is 6.61 Å². The Morgan fingerprint density at radius 2 is 2.36 bits per heavy atom. The highest BCUT2D eigenvalue weighted by molar-refractivity contribution is 5.34. The number of hydrogen-bond donors (Lipinski definition) is 1. The molecule has 0 aromatic carbocycles. The Kier molecular flexibility index (Phi) is 2.28. The summed E-state index contributed by atoms with van der Waals surface area (Å²) in [6.07, 6.45) is 5.21. The summed E-state index contributed by atoms with van der Waals surface area (Å²) in [6.45, 7) is 1.97. The molecule has 0 bridgehead atoms. The van der Waals surface area contributed by atoms with Crippen LogP contribution in [0.25, 0.3) is 5.82 Å². The molecule has 0 atom stereocenters. The lowest BCUT2D eigenvalue weighted by atomic mass is 10.2. The quantitative estimate of drug-likeness (QED) is 0.768. The standard InChI is InChI=1S/C10H11N3O/c1-8-5-9(7-14)6-11-10(8)13-4-2-3-12-13/h2-6,14H,7H2,1H3. The number of aryl methyl sites for hydroxylation is 1. The maximum absolute atomic E-state index is 8.92. The summed E-state index contributed by atoms with van der Waals surface area (Å²) in [7, 11) is 0. The third-order valence-corrected chi connectivity index (χ3v) is 2.01. The van der Waals surface area contributed by atoms with E-state index in [1.807, 2.05) is 25.3 Å². The third-order valence-electron chi connectivity index (χ3n) is 2.01. The summed E-state index contributed by atoms with van der Waals surface area (Å²) in [4.78, 5) is 4.23. The van der Waals surface area contributed by atoms with Crippen molar-refractivity contribution in [3.05, 3.63) is 41.9 Å². The molecule has 0 saturated heterocycles. The van der Waals surface area contributed by atoms with Gasteiger partial charge < -0.3 is 5.11 Å². The number of aromatic nitrogens is 3. The van der Waals surface area contributed by atoms with Crippen LogP contribution in [0.15, 0.2) is 30.7 Å². The van der Waals surface area contributed by atoms with E-state index in [1.54, 1.807) is 17.1 Å². The van der Waals surface area contributed by atoms with Gasteiger partial charge in [0.15, 0.2) is 5.82 Å². The summed E-state index contributed by atoms with van der Waals surface area (Å²) in [5.74, 6) is 0.798. The maximum Gasteiger partial charge on any atom is 0.156 e. The molecule has 1 N–H and O–H groups in total. The summed E-state index contributed by atoms with van der Waals surface area (Å²) < 4.78 is 1.70. The number of rotatable bonds is 2. The lowest BCUT2D eigenvalue weighted by Gasteiger charge is -2.05. The van der Waals surface area contributed by atoms with E-state index in [0.29, 0.717) is 0 Å². The number of aliphatic hydroxyl groups is 1. The van der Waals surface area contributed by atoms with Gasteiger partial charge in [0, 0.05) is 18.6 Å². The van der Waals surface area contributed by atoms with Gasteiger partial charge in [-0.3, -0.25) is 0 Å². The van der Waals surface area contributed by atoms with Crippen molar-refractivity contribution in [2.45, 2.75) is 13.5 Å². The molecule has 0 unspecified atom stereocenters. The molecular weight excluding hydrogens is 178 g/mol. The van der Waals surface area contributed by atoms with Crippen LogP contribution in [0, 0.1) is 6.92 Å². The molecule has 2 heterocycles. The van der Waals surface area contributed by atoms with Gasteiger partial charge in [0.05, 0.1) is 6.61 Å². The zero-order valence-corrected chi connectivity index (χ0v) is 7.88. The van der Waals surface area contributed by atoms with Crippen LogP contribution in [0.2, 0.25) is 0 Å². The van der Waals surface area contributed by atoms with Crippen molar-refractivity contribution in [1.29, 1.82) is 0 Å². The molecule has 2 aromatic heterocycles. The average Bonchev–Trinajstić information content (AvgIpc) is 2.70. The van der Waals surface area contributed by atoms with Crippen LogP contribution in [0.1, 0.15) is 11.1 Å². The number of pyridine rings is 1. The van der Waals surface area contributed by atoms with Gasteiger partial charge in [0.2, 0.25) is 0 Å². The summed E-state index contributed by atoms with van der Waals surface area (Å²) in [6, 6.07) is 3.76. The van der Waals surface area contributed by atoms with Crippen LogP contribution in [0.5, 0.6) is 0 Å². The molecule has 0 aliphatic rings. The first kappa shape index (κ1) is 8.90. The van der Waals surface area contributed by atoms with Gasteiger partial charge in [-0.25, -0.2) is 9.67 Å². The third kappa shape index (κ3) is 1.52. The van der Waals surface area contributed by atoms with Gasteiger partial charge in [0.1, 0.15) is 0 Å². The molecule has 4 heteroatoms. The second-order valence-electron chi connectivity index (χ2n) is 3.09. The Bertz CT molecular complexity index is 423. The first-order valence-electron chi connectivity index (χ1n) is 4.37. The van der Waals surface area contributed by atoms with Crippen LogP contribution in [0.3, 0.4) is 0 Å². The Balaban J connectivity index is 2.46. The molecule has 2 aromatic rings. The van der Waals surface area contributed by atoms with Gasteiger partial charge in [-0.2, -0.15) is 5.10 Å². The largest absolute Gasteiger partial charge is 0.392 e. The number of hydrogen-bond acceptors (Lipinski definition) is 3. The average molecular weight is 189 g/mol. The van der Waals surface area contributed by atoms with E-state index >= 15 is 0 Å². The van der Waals surface area contributed by atoms with Gasteiger partial charge in [-0.05, 0) is 30.2 Å². The van der Waals surface area contributed by atoms with Crippen molar-refractivity contribution in [3.8, 4) is 5.82 Å². The fourth-order valence-electron chi connectivity index (χ4n) is 1.35. The first-order chi connectivity index (χ1) is 6.81. The molecule has 0 aliphatic carbocycles. The van der Waals surface area contributed by atoms with Crippen LogP contribution in [0.4, 0.5) is 0 Å². The van der Waals surface area contributed by atoms with Crippen molar-refractivity contribution in [2.75, 3.05) is 0 Å². The van der Waals surface area contributed by atoms with Crippen molar-refractivity contribution >= 4 is 0 Å². The minimum absolute atomic E-state index is 0.0211. The lowest BCUT2D eigenvalue weighted by molar-refractivity contribution is 0.281. The highest BCUT2D eigenvalue weighted by Crippen LogP contribution is 2.11. The van der Waals surface area contributed by atoms with E-state index in [-0.39, 0.29) is 6.61 Å². The summed E-state index contributed by atoms with van der Waals surface area (Å²) in [5.41, 5.74) is 1.82. The van der Waals surface area contributed by atoms with Crippen molar-refractivity contribution < 1.29 is 5.11 Å². The molecule has 0 aliphatic heterocycles. The molecule has 0 saturated carbocycles. The smallest absolute Gasteiger partial charge is 0.156 e. The molecular formula is C10H11N3O. The topological polar surface area (TPSA) is 50.9 Å². The van der Waals surface area contributed by atoms with Gasteiger partial charge in [-0.15, -0.1) is 0 Å². The van der Waals surface area contributed by atoms with Crippen molar-refractivity contribution in [2.24, 2.45) is 0 Å². The van der Waals surface area contributed by atoms with Gasteiger partial charge in [-0.1, -0.05) is 0 Å². The predicted octanol–water partition coefficient (Wildman–Crippen LogP) is 1.07. The predicted molar refractivity (Wildman–Crippen MR) is 52.0 cm³/mol. The van der Waals surface area contributed by atoms with E-state index in [2.05, 4.69) is 10.1 Å². The minimum atomic E-state index is 0.0211. The van der Waals surface area contributed by atoms with Crippen LogP contribution >= 0.6 is 0 Å². The summed E-state index contributed by atoms with van der Waals surface area (Å²) in [5, 5.41) is 13.0. The first-order valence-corrected chi connectivity index (χ1v) is 4.37. The minimum Gasteiger partial charge on any atom is -0.392 e. The monoisotopic (exact) mass is 189 g/mol. The zero-order valence-electron chi connectivity index (χ0n) is 7.88. The highest BCUT2D eigenvalue weighted by atomic mass is 16.3. The lowest BCUT2D eigenvalue weighted by Crippen LogP contribution is -2.01. The second kappa shape index (κ2) is 3.59. The fraction of sp³-hybridized carbons (Fsp3) is 0.200. The summed E-state index contributed by atoms with van der Waals surface area (Å²) >= 11 is 0. The normalized spacial score (nSPS) is 10.4. The fourth-order valence-corrected chi connectivity index (χ4v) is 1.35. The second-order valence-corrected chi connectivity index (χ2v) is 3.09. The van der Waals surface area contributed by atoms with E-state index < -0.39 is 0 Å². The zero-order chi connectivity index (χ0) is 9.97. The molecule has 0 amide bonds. The molecule has 14 heavy (non-hydrogen) atoms. The van der Waals surface area contributed by atoms with Crippen molar-refractivity contribution in [3.63, 3.8) is 0 Å². The Morgan fingerprint density at radius 3 is 2.93 bits per heavy atom. The van der Waals surface area contributed by atoms with Crippen molar-refractivity contribution in [1.82, 2.24) is 14.8 Å². The molecule has 2 rings (SSSR count). The highest BCUT2D eigenvalue weighted by Gasteiger charge is 2.03. The molecule has 72 valence electrons. The number of nitrogens with zero attached hydrogens (tertiary/aromatic N) is 3. The SMILES string of the molecule is Cc1cc(CO)cnc1-n1cccn1. The maximum atomic E-state index is 8.92. The molecule has 0 spiro atoms. The van der Waals surface area contributed by atoms with E-state index in [9.17, 15) is 0 Å².